The number of aromatic nitrogens is 1. The van der Waals surface area contributed by atoms with Crippen molar-refractivity contribution >= 4 is 36.1 Å². The van der Waals surface area contributed by atoms with Crippen LogP contribution >= 0.6 is 0 Å². The Morgan fingerprint density at radius 3 is 3.00 bits per heavy atom. The molecule has 2 aromatic rings. The zero-order valence-electron chi connectivity index (χ0n) is 17.5. The molecule has 0 radical (unpaired) electrons. The minimum absolute atomic E-state index is 0.211. The smallest absolute Gasteiger partial charge is 0.258 e. The van der Waals surface area contributed by atoms with Crippen LogP contribution in [0.3, 0.4) is 0 Å². The second kappa shape index (κ2) is 10.9. The van der Waals surface area contributed by atoms with Gasteiger partial charge in [-0.25, -0.2) is 14.4 Å². The first kappa shape index (κ1) is 22.8. The number of aliphatic imine (C=N–C) groups is 1. The topological polar surface area (TPSA) is 129 Å². The largest absolute Gasteiger partial charge is 0.404 e. The molecule has 1 aliphatic rings. The quantitative estimate of drug-likeness (QED) is 0.432. The van der Waals surface area contributed by atoms with Crippen LogP contribution in [0.25, 0.3) is 0 Å². The summed E-state index contributed by atoms with van der Waals surface area (Å²) in [6.07, 6.45) is 6.12. The number of nitrogens with zero attached hydrogens (tertiary/aromatic N) is 4. The molecule has 0 saturated carbocycles. The molecule has 9 nitrogen and oxygen atoms in total. The third-order valence-corrected chi connectivity index (χ3v) is 4.69. The highest BCUT2D eigenvalue weighted by Gasteiger charge is 2.32. The van der Waals surface area contributed by atoms with E-state index >= 15 is 0 Å². The average Bonchev–Trinajstić information content (AvgIpc) is 3.26. The van der Waals surface area contributed by atoms with Gasteiger partial charge in [0.15, 0.2) is 5.82 Å². The Morgan fingerprint density at radius 1 is 1.44 bits per heavy atom. The summed E-state index contributed by atoms with van der Waals surface area (Å²) in [6, 6.07) is 8.14. The van der Waals surface area contributed by atoms with Crippen LogP contribution in [0.15, 0.2) is 58.4 Å². The number of nitrogens with one attached hydrogen (secondary N) is 2. The molecular formula is C22H24FN7O2. The van der Waals surface area contributed by atoms with Crippen LogP contribution in [0, 0.1) is 18.2 Å². The van der Waals surface area contributed by atoms with Crippen molar-refractivity contribution < 1.29 is 13.9 Å². The molecule has 2 heterocycles. The molecule has 1 aromatic carbocycles. The number of hydrogen-bond acceptors (Lipinski definition) is 8. The number of ether oxygens (including phenoxy) is 1. The standard InChI is InChI=1S/C22H24FN7O2/c1-15-2-4-19(29-28-7-6-24)18(10-15)22(31)30-8-9-32-21(30)11-16(12-25)13-26-20-5-3-17(23)14-27-20/h2-7,10,12-14,21,24,29H,8-9,11,25H2,1H3/b16-12-,24-6?,26-13?,28-7-. The lowest BCUT2D eigenvalue weighted by atomic mass is 10.1. The van der Waals surface area contributed by atoms with Crippen LogP contribution in [0.1, 0.15) is 22.3 Å². The van der Waals surface area contributed by atoms with Gasteiger partial charge in [-0.2, -0.15) is 5.10 Å². The van der Waals surface area contributed by atoms with Crippen molar-refractivity contribution in [3.05, 3.63) is 65.2 Å². The summed E-state index contributed by atoms with van der Waals surface area (Å²) in [5.74, 6) is -0.315. The lowest BCUT2D eigenvalue weighted by molar-refractivity contribution is 0.0293. The number of halogens is 1. The zero-order chi connectivity index (χ0) is 22.9. The molecular weight excluding hydrogens is 413 g/mol. The summed E-state index contributed by atoms with van der Waals surface area (Å²) in [5, 5.41) is 10.9. The van der Waals surface area contributed by atoms with E-state index < -0.39 is 12.0 Å². The molecule has 0 bridgehead atoms. The minimum Gasteiger partial charge on any atom is -0.404 e. The number of hydrazone groups is 1. The molecule has 1 unspecified atom stereocenters. The highest BCUT2D eigenvalue weighted by molar-refractivity contribution is 6.14. The van der Waals surface area contributed by atoms with Gasteiger partial charge in [-0.05, 0) is 43.0 Å². The normalized spacial score (nSPS) is 16.8. The number of nitrogens with two attached hydrogens (primary N) is 1. The van der Waals surface area contributed by atoms with Crippen LogP contribution in [-0.2, 0) is 4.74 Å². The number of carbonyl (C=O) groups excluding carboxylic acids is 1. The number of pyridine rings is 1. The van der Waals surface area contributed by atoms with Gasteiger partial charge in [-0.1, -0.05) is 11.6 Å². The molecule has 0 spiro atoms. The van der Waals surface area contributed by atoms with Gasteiger partial charge in [-0.15, -0.1) is 0 Å². The van der Waals surface area contributed by atoms with Gasteiger partial charge in [0.05, 0.1) is 30.3 Å². The second-order valence-electron chi connectivity index (χ2n) is 6.97. The molecule has 10 heteroatoms. The maximum atomic E-state index is 13.3. The molecule has 166 valence electrons. The maximum absolute atomic E-state index is 13.3. The fraction of sp³-hybridized carbons (Fsp3) is 0.227. The fourth-order valence-electron chi connectivity index (χ4n) is 3.11. The summed E-state index contributed by atoms with van der Waals surface area (Å²) in [4.78, 5) is 23.0. The van der Waals surface area contributed by atoms with E-state index in [1.165, 1.54) is 30.8 Å². The van der Waals surface area contributed by atoms with Gasteiger partial charge >= 0.3 is 0 Å². The van der Waals surface area contributed by atoms with E-state index in [0.717, 1.165) is 18.0 Å². The number of hydrogen-bond donors (Lipinski definition) is 3. The van der Waals surface area contributed by atoms with E-state index in [1.54, 1.807) is 17.0 Å². The number of amides is 1. The van der Waals surface area contributed by atoms with E-state index in [0.29, 0.717) is 42.2 Å². The monoisotopic (exact) mass is 437 g/mol. The van der Waals surface area contributed by atoms with Crippen molar-refractivity contribution in [2.24, 2.45) is 15.8 Å². The third kappa shape index (κ3) is 5.82. The van der Waals surface area contributed by atoms with Crippen molar-refractivity contribution in [2.75, 3.05) is 18.6 Å². The number of rotatable bonds is 8. The first-order valence-electron chi connectivity index (χ1n) is 9.89. The molecule has 3 rings (SSSR count). The van der Waals surface area contributed by atoms with E-state index in [4.69, 9.17) is 15.9 Å². The van der Waals surface area contributed by atoms with Crippen LogP contribution in [0.5, 0.6) is 0 Å². The van der Waals surface area contributed by atoms with Gasteiger partial charge in [0.25, 0.3) is 5.91 Å². The number of aryl methyl sites for hydroxylation is 1. The molecule has 1 fully saturated rings. The van der Waals surface area contributed by atoms with Crippen LogP contribution < -0.4 is 11.2 Å². The lowest BCUT2D eigenvalue weighted by Crippen LogP contribution is -2.37. The van der Waals surface area contributed by atoms with Crippen molar-refractivity contribution in [2.45, 2.75) is 19.6 Å². The maximum Gasteiger partial charge on any atom is 0.258 e. The van der Waals surface area contributed by atoms with Crippen molar-refractivity contribution in [3.63, 3.8) is 0 Å². The Morgan fingerprint density at radius 2 is 2.28 bits per heavy atom. The average molecular weight is 437 g/mol. The number of benzene rings is 1. The molecule has 1 amide bonds. The van der Waals surface area contributed by atoms with Gasteiger partial charge < -0.3 is 20.8 Å². The Labute approximate surface area is 185 Å². The van der Waals surface area contributed by atoms with Crippen LogP contribution in [-0.4, -0.2) is 53.8 Å². The minimum atomic E-state index is -0.525. The summed E-state index contributed by atoms with van der Waals surface area (Å²) in [6.45, 7) is 2.72. The van der Waals surface area contributed by atoms with Gasteiger partial charge in [0.1, 0.15) is 12.0 Å². The van der Waals surface area contributed by atoms with Gasteiger partial charge in [0.2, 0.25) is 0 Å². The zero-order valence-corrected chi connectivity index (χ0v) is 17.5. The summed E-state index contributed by atoms with van der Waals surface area (Å²) >= 11 is 0. The van der Waals surface area contributed by atoms with Crippen LogP contribution in [0.4, 0.5) is 15.9 Å². The van der Waals surface area contributed by atoms with Crippen molar-refractivity contribution in [1.82, 2.24) is 9.88 Å². The molecule has 1 aliphatic heterocycles. The van der Waals surface area contributed by atoms with Crippen molar-refractivity contribution in [1.29, 1.82) is 5.41 Å². The third-order valence-electron chi connectivity index (χ3n) is 4.69. The van der Waals surface area contributed by atoms with E-state index in [2.05, 4.69) is 20.5 Å². The Bertz CT molecular complexity index is 1050. The van der Waals surface area contributed by atoms with E-state index in [-0.39, 0.29) is 5.91 Å². The molecule has 1 atom stereocenters. The van der Waals surface area contributed by atoms with E-state index in [1.807, 2.05) is 13.0 Å². The predicted molar refractivity (Wildman–Crippen MR) is 122 cm³/mol. The number of carbonyl (C=O) groups is 1. The summed E-state index contributed by atoms with van der Waals surface area (Å²) in [7, 11) is 0. The molecule has 1 aromatic heterocycles. The second-order valence-corrected chi connectivity index (χ2v) is 6.97. The Balaban J connectivity index is 1.75. The molecule has 0 aliphatic carbocycles. The summed E-state index contributed by atoms with van der Waals surface area (Å²) < 4.78 is 18.8. The Hall–Kier alpha value is -3.92. The summed E-state index contributed by atoms with van der Waals surface area (Å²) in [5.41, 5.74) is 11.1. The SMILES string of the molecule is Cc1ccc(N/N=C\C=N)c(C(=O)N2CCOC2C/C(C=Nc2ccc(F)cn2)=C/N)c1. The van der Waals surface area contributed by atoms with Crippen molar-refractivity contribution in [3.8, 4) is 0 Å². The molecule has 4 N–H and O–H groups in total. The predicted octanol–water partition coefficient (Wildman–Crippen LogP) is 3.01. The van der Waals surface area contributed by atoms with Crippen LogP contribution in [0.2, 0.25) is 0 Å². The fourth-order valence-corrected chi connectivity index (χ4v) is 3.11. The first-order valence-corrected chi connectivity index (χ1v) is 9.89. The van der Waals surface area contributed by atoms with Gasteiger partial charge in [-0.3, -0.25) is 10.2 Å². The highest BCUT2D eigenvalue weighted by Crippen LogP contribution is 2.25. The highest BCUT2D eigenvalue weighted by atomic mass is 19.1. The van der Waals surface area contributed by atoms with E-state index in [9.17, 15) is 9.18 Å². The molecule has 1 saturated heterocycles. The first-order chi connectivity index (χ1) is 15.5. The van der Waals surface area contributed by atoms with Gasteiger partial charge in [0, 0.05) is 25.4 Å². The number of anilines is 1. The molecule has 32 heavy (non-hydrogen) atoms. The Kier molecular flexibility index (Phi) is 7.76. The lowest BCUT2D eigenvalue weighted by Gasteiger charge is -2.24.